The maximum Gasteiger partial charge on any atom is 0.194 e. The van der Waals surface area contributed by atoms with Gasteiger partial charge in [-0.05, 0) is 88.9 Å². The van der Waals surface area contributed by atoms with Gasteiger partial charge >= 0.3 is 0 Å². The highest BCUT2D eigenvalue weighted by Crippen LogP contribution is 2.35. The van der Waals surface area contributed by atoms with Crippen LogP contribution in [0.5, 0.6) is 0 Å². The lowest BCUT2D eigenvalue weighted by Crippen LogP contribution is -2.03. The second-order valence-electron chi connectivity index (χ2n) is 10.1. The van der Waals surface area contributed by atoms with E-state index in [0.717, 1.165) is 32.7 Å². The largest absolute Gasteiger partial charge is 0.289 e. The number of hydrogen-bond donors (Lipinski definition) is 0. The van der Waals surface area contributed by atoms with Crippen molar-refractivity contribution in [2.45, 2.75) is 0 Å². The zero-order valence-corrected chi connectivity index (χ0v) is 20.6. The van der Waals surface area contributed by atoms with Crippen LogP contribution >= 0.6 is 0 Å². The molecule has 38 heavy (non-hydrogen) atoms. The first-order chi connectivity index (χ1) is 18.7. The molecule has 0 radical (unpaired) electrons. The van der Waals surface area contributed by atoms with Gasteiger partial charge in [0.15, 0.2) is 5.78 Å². The van der Waals surface area contributed by atoms with Gasteiger partial charge in [0.2, 0.25) is 0 Å². The molecule has 8 aromatic rings. The molecule has 0 aliphatic rings. The highest BCUT2D eigenvalue weighted by atomic mass is 16.1. The maximum atomic E-state index is 14.2. The third-order valence-electron chi connectivity index (χ3n) is 7.98. The average molecular weight is 483 g/mol. The predicted octanol–water partition coefficient (Wildman–Crippen LogP) is 9.84. The highest BCUT2D eigenvalue weighted by Gasteiger charge is 2.17. The second-order valence-corrected chi connectivity index (χ2v) is 10.1. The third-order valence-corrected chi connectivity index (χ3v) is 7.98. The molecule has 0 saturated heterocycles. The van der Waals surface area contributed by atoms with Crippen molar-refractivity contribution >= 4 is 70.4 Å². The van der Waals surface area contributed by atoms with E-state index in [1.807, 2.05) is 24.3 Å². The lowest BCUT2D eigenvalue weighted by atomic mass is 9.90. The molecule has 0 aromatic heterocycles. The average Bonchev–Trinajstić information content (AvgIpc) is 2.98. The molecular weight excluding hydrogens is 460 g/mol. The predicted molar refractivity (Wildman–Crippen MR) is 161 cm³/mol. The fourth-order valence-electron chi connectivity index (χ4n) is 6.10. The van der Waals surface area contributed by atoms with E-state index in [2.05, 4.69) is 109 Å². The van der Waals surface area contributed by atoms with E-state index in [4.69, 9.17) is 0 Å². The Kier molecular flexibility index (Phi) is 4.44. The van der Waals surface area contributed by atoms with Crippen LogP contribution in [-0.2, 0) is 0 Å². The minimum atomic E-state index is 0.0569. The number of hydrogen-bond acceptors (Lipinski definition) is 1. The zero-order valence-electron chi connectivity index (χ0n) is 20.6. The Morgan fingerprint density at radius 3 is 1.18 bits per heavy atom. The first-order valence-corrected chi connectivity index (χ1v) is 13.0. The number of ketones is 1. The number of fused-ring (bicyclic) bond motifs is 8. The van der Waals surface area contributed by atoms with E-state index in [1.54, 1.807) is 0 Å². The molecule has 0 N–H and O–H groups in total. The molecule has 176 valence electrons. The molecule has 0 unspecified atom stereocenters. The van der Waals surface area contributed by atoms with Crippen LogP contribution in [0.2, 0.25) is 0 Å². The summed E-state index contributed by atoms with van der Waals surface area (Å²) in [4.78, 5) is 14.2. The Labute approximate surface area is 219 Å². The molecule has 0 bridgehead atoms. The van der Waals surface area contributed by atoms with Gasteiger partial charge in [-0.2, -0.15) is 0 Å². The Morgan fingerprint density at radius 1 is 0.316 bits per heavy atom. The van der Waals surface area contributed by atoms with E-state index in [9.17, 15) is 4.79 Å². The van der Waals surface area contributed by atoms with Crippen LogP contribution in [0.3, 0.4) is 0 Å². The van der Waals surface area contributed by atoms with Crippen LogP contribution in [-0.4, -0.2) is 5.78 Å². The Balaban J connectivity index is 1.35. The van der Waals surface area contributed by atoms with Crippen LogP contribution in [0.15, 0.2) is 133 Å². The summed E-state index contributed by atoms with van der Waals surface area (Å²) in [7, 11) is 0. The van der Waals surface area contributed by atoms with Crippen molar-refractivity contribution in [3.8, 4) is 0 Å². The van der Waals surface area contributed by atoms with Crippen LogP contribution in [0, 0.1) is 0 Å². The van der Waals surface area contributed by atoms with E-state index in [-0.39, 0.29) is 5.78 Å². The second kappa shape index (κ2) is 7.99. The number of rotatable bonds is 2. The topological polar surface area (TPSA) is 17.1 Å². The fraction of sp³-hybridized carbons (Fsp3) is 0. The lowest BCUT2D eigenvalue weighted by Gasteiger charge is -2.13. The van der Waals surface area contributed by atoms with Gasteiger partial charge in [0.1, 0.15) is 0 Å². The Hall–Kier alpha value is -5.01. The minimum absolute atomic E-state index is 0.0569. The fourth-order valence-corrected chi connectivity index (χ4v) is 6.10. The third kappa shape index (κ3) is 3.09. The summed E-state index contributed by atoms with van der Waals surface area (Å²) in [6.45, 7) is 0. The minimum Gasteiger partial charge on any atom is -0.289 e. The zero-order chi connectivity index (χ0) is 25.2. The summed E-state index contributed by atoms with van der Waals surface area (Å²) in [5.41, 5.74) is 1.48. The van der Waals surface area contributed by atoms with Gasteiger partial charge in [-0.3, -0.25) is 4.79 Å². The number of carbonyl (C=O) groups excluding carboxylic acids is 1. The molecule has 1 heteroatoms. The summed E-state index contributed by atoms with van der Waals surface area (Å²) in [6, 6.07) is 46.5. The van der Waals surface area contributed by atoms with Crippen molar-refractivity contribution in [1.82, 2.24) is 0 Å². The molecule has 8 rings (SSSR count). The highest BCUT2D eigenvalue weighted by molar-refractivity contribution is 6.26. The van der Waals surface area contributed by atoms with Crippen LogP contribution in [0.1, 0.15) is 15.9 Å². The Morgan fingerprint density at radius 2 is 0.737 bits per heavy atom. The summed E-state index contributed by atoms with van der Waals surface area (Å²) in [5.74, 6) is 0.0569. The van der Waals surface area contributed by atoms with E-state index < -0.39 is 0 Å². The monoisotopic (exact) mass is 482 g/mol. The summed E-state index contributed by atoms with van der Waals surface area (Å²) in [5, 5.41) is 13.8. The van der Waals surface area contributed by atoms with Crippen molar-refractivity contribution in [3.05, 3.63) is 145 Å². The normalized spacial score (nSPS) is 11.8. The molecule has 0 heterocycles. The molecule has 1 nitrogen and oxygen atoms in total. The van der Waals surface area contributed by atoms with Crippen molar-refractivity contribution < 1.29 is 4.79 Å². The molecule has 0 spiro atoms. The smallest absolute Gasteiger partial charge is 0.194 e. The molecule has 0 fully saturated rings. The lowest BCUT2D eigenvalue weighted by molar-refractivity contribution is 0.104. The van der Waals surface area contributed by atoms with Gasteiger partial charge in [-0.1, -0.05) is 109 Å². The van der Waals surface area contributed by atoms with Gasteiger partial charge in [0.25, 0.3) is 0 Å². The van der Waals surface area contributed by atoms with Gasteiger partial charge in [0, 0.05) is 11.1 Å². The first-order valence-electron chi connectivity index (χ1n) is 13.0. The summed E-state index contributed by atoms with van der Waals surface area (Å²) in [6.07, 6.45) is 0. The molecule has 0 aliphatic carbocycles. The molecule has 8 aromatic carbocycles. The first kappa shape index (κ1) is 21.1. The van der Waals surface area contributed by atoms with Crippen LogP contribution in [0.4, 0.5) is 0 Å². The van der Waals surface area contributed by atoms with Crippen molar-refractivity contribution in [2.24, 2.45) is 0 Å². The van der Waals surface area contributed by atoms with Crippen molar-refractivity contribution in [2.75, 3.05) is 0 Å². The van der Waals surface area contributed by atoms with Crippen molar-refractivity contribution in [1.29, 1.82) is 0 Å². The molecular formula is C37H22O. The van der Waals surface area contributed by atoms with Gasteiger partial charge < -0.3 is 0 Å². The van der Waals surface area contributed by atoms with Crippen LogP contribution in [0.25, 0.3) is 64.6 Å². The standard InChI is InChI=1S/C37H22O/c38-37(33-13-5-11-29-31(33)17-15-27-19-23-7-1-3-9-25(23)21-35(27)29)34-14-6-12-30-32(34)18-16-28-20-24-8-2-4-10-26(24)22-36(28)30/h1-22H. The number of benzene rings is 8. The molecule has 0 atom stereocenters. The van der Waals surface area contributed by atoms with Gasteiger partial charge in [-0.25, -0.2) is 0 Å². The van der Waals surface area contributed by atoms with E-state index in [0.29, 0.717) is 0 Å². The summed E-state index contributed by atoms with van der Waals surface area (Å²) >= 11 is 0. The summed E-state index contributed by atoms with van der Waals surface area (Å²) < 4.78 is 0. The maximum absolute atomic E-state index is 14.2. The van der Waals surface area contributed by atoms with Crippen LogP contribution < -0.4 is 0 Å². The number of carbonyl (C=O) groups is 1. The molecule has 0 amide bonds. The quantitative estimate of drug-likeness (QED) is 0.136. The van der Waals surface area contributed by atoms with E-state index >= 15 is 0 Å². The molecule has 0 aliphatic heterocycles. The van der Waals surface area contributed by atoms with Gasteiger partial charge in [-0.15, -0.1) is 0 Å². The SMILES string of the molecule is O=C(c1cccc2c1ccc1cc3ccccc3cc12)c1cccc2c1ccc1cc3ccccc3cc12. The molecule has 0 saturated carbocycles. The van der Waals surface area contributed by atoms with Gasteiger partial charge in [0.05, 0.1) is 0 Å². The van der Waals surface area contributed by atoms with E-state index in [1.165, 1.54) is 43.1 Å². The Bertz CT molecular complexity index is 2090. The van der Waals surface area contributed by atoms with Crippen molar-refractivity contribution in [3.63, 3.8) is 0 Å².